The molecule has 0 bridgehead atoms. The number of rotatable bonds is 2. The van der Waals surface area contributed by atoms with E-state index in [9.17, 15) is 0 Å². The van der Waals surface area contributed by atoms with Crippen molar-refractivity contribution in [2.24, 2.45) is 0 Å². The number of hydrogen-bond acceptors (Lipinski definition) is 5. The van der Waals surface area contributed by atoms with Crippen LogP contribution in [0.15, 0.2) is 5.16 Å². The number of nitrogen functional groups attached to an aromatic ring is 1. The van der Waals surface area contributed by atoms with Crippen molar-refractivity contribution in [1.82, 2.24) is 14.9 Å². The number of aryl methyl sites for hydroxylation is 1. The van der Waals surface area contributed by atoms with Crippen molar-refractivity contribution < 1.29 is 4.74 Å². The van der Waals surface area contributed by atoms with Gasteiger partial charge in [0.05, 0.1) is 0 Å². The molecular formula is C7H12N4OS. The molecule has 2 heterocycles. The number of nitrogens with zero attached hydrogens (tertiary/aromatic N) is 3. The molecular weight excluding hydrogens is 188 g/mol. The Labute approximate surface area is 80.6 Å². The van der Waals surface area contributed by atoms with Crippen molar-refractivity contribution in [2.75, 3.05) is 12.4 Å². The van der Waals surface area contributed by atoms with E-state index in [4.69, 9.17) is 10.6 Å². The van der Waals surface area contributed by atoms with Gasteiger partial charge in [-0.3, -0.25) is 0 Å². The molecule has 2 rings (SSSR count). The molecule has 0 spiro atoms. The van der Waals surface area contributed by atoms with E-state index in [0.29, 0.717) is 0 Å². The molecule has 1 atom stereocenters. The first-order valence-electron chi connectivity index (χ1n) is 4.23. The molecule has 1 unspecified atom stereocenters. The Hall–Kier alpha value is -0.750. The van der Waals surface area contributed by atoms with Gasteiger partial charge in [-0.05, 0) is 19.8 Å². The van der Waals surface area contributed by atoms with Gasteiger partial charge in [0.2, 0.25) is 5.16 Å². The van der Waals surface area contributed by atoms with Crippen LogP contribution < -0.4 is 5.84 Å². The monoisotopic (exact) mass is 200 g/mol. The SMILES string of the molecule is Cc1nnc(SC2CCCO2)n1N. The van der Waals surface area contributed by atoms with Gasteiger partial charge in [0.15, 0.2) is 0 Å². The van der Waals surface area contributed by atoms with Crippen molar-refractivity contribution in [2.45, 2.75) is 30.4 Å². The van der Waals surface area contributed by atoms with Crippen molar-refractivity contribution in [3.63, 3.8) is 0 Å². The molecule has 13 heavy (non-hydrogen) atoms. The Morgan fingerprint density at radius 3 is 3.00 bits per heavy atom. The molecule has 0 radical (unpaired) electrons. The van der Waals surface area contributed by atoms with Gasteiger partial charge in [-0.25, -0.2) is 4.68 Å². The van der Waals surface area contributed by atoms with Crippen LogP contribution in [0.1, 0.15) is 18.7 Å². The van der Waals surface area contributed by atoms with E-state index in [1.165, 1.54) is 4.68 Å². The zero-order valence-electron chi connectivity index (χ0n) is 7.43. The van der Waals surface area contributed by atoms with Crippen LogP contribution in [0.4, 0.5) is 0 Å². The molecule has 5 nitrogen and oxygen atoms in total. The number of thioether (sulfide) groups is 1. The molecule has 1 fully saturated rings. The molecule has 72 valence electrons. The Kier molecular flexibility index (Phi) is 2.41. The summed E-state index contributed by atoms with van der Waals surface area (Å²) in [5.41, 5.74) is 0.200. The summed E-state index contributed by atoms with van der Waals surface area (Å²) >= 11 is 1.54. The second-order valence-corrected chi connectivity index (χ2v) is 4.09. The molecule has 0 saturated carbocycles. The molecule has 1 aromatic rings. The molecule has 0 aliphatic carbocycles. The van der Waals surface area contributed by atoms with Crippen LogP contribution in [0.5, 0.6) is 0 Å². The van der Waals surface area contributed by atoms with Crippen LogP contribution in [-0.2, 0) is 4.74 Å². The second-order valence-electron chi connectivity index (χ2n) is 2.96. The fourth-order valence-corrected chi connectivity index (χ4v) is 2.21. The van der Waals surface area contributed by atoms with Gasteiger partial charge in [-0.1, -0.05) is 11.8 Å². The van der Waals surface area contributed by atoms with E-state index in [1.807, 2.05) is 6.92 Å². The van der Waals surface area contributed by atoms with E-state index in [0.717, 1.165) is 30.4 Å². The molecule has 1 aromatic heterocycles. The van der Waals surface area contributed by atoms with E-state index >= 15 is 0 Å². The quantitative estimate of drug-likeness (QED) is 0.705. The molecule has 1 saturated heterocycles. The summed E-state index contributed by atoms with van der Waals surface area (Å²) in [6, 6.07) is 0. The van der Waals surface area contributed by atoms with Gasteiger partial charge in [0.25, 0.3) is 0 Å². The molecule has 1 aliphatic rings. The maximum atomic E-state index is 5.70. The lowest BCUT2D eigenvalue weighted by molar-refractivity contribution is 0.173. The summed E-state index contributed by atoms with van der Waals surface area (Å²) in [4.78, 5) is 0. The van der Waals surface area contributed by atoms with Crippen molar-refractivity contribution >= 4 is 11.8 Å². The molecule has 2 N–H and O–H groups in total. The normalized spacial score (nSPS) is 22.4. The highest BCUT2D eigenvalue weighted by atomic mass is 32.2. The topological polar surface area (TPSA) is 66.0 Å². The fourth-order valence-electron chi connectivity index (χ4n) is 1.19. The lowest BCUT2D eigenvalue weighted by Crippen LogP contribution is -2.13. The molecule has 1 aliphatic heterocycles. The number of nitrogens with two attached hydrogens (primary N) is 1. The van der Waals surface area contributed by atoms with Gasteiger partial charge in [0.1, 0.15) is 11.3 Å². The van der Waals surface area contributed by atoms with Gasteiger partial charge in [-0.2, -0.15) is 0 Å². The first kappa shape index (κ1) is 8.83. The number of ether oxygens (including phenoxy) is 1. The molecule has 6 heteroatoms. The first-order valence-corrected chi connectivity index (χ1v) is 5.10. The summed E-state index contributed by atoms with van der Waals surface area (Å²) in [6.07, 6.45) is 2.19. The predicted octanol–water partition coefficient (Wildman–Crippen LogP) is 0.529. The average Bonchev–Trinajstić information content (AvgIpc) is 2.71. The molecule has 0 aromatic carbocycles. The van der Waals surface area contributed by atoms with Crippen LogP contribution in [-0.4, -0.2) is 26.9 Å². The Morgan fingerprint density at radius 1 is 1.62 bits per heavy atom. The Bertz CT molecular complexity index is 295. The van der Waals surface area contributed by atoms with Gasteiger partial charge >= 0.3 is 0 Å². The van der Waals surface area contributed by atoms with Crippen molar-refractivity contribution in [3.8, 4) is 0 Å². The average molecular weight is 200 g/mol. The summed E-state index contributed by atoms with van der Waals surface area (Å²) < 4.78 is 6.94. The summed E-state index contributed by atoms with van der Waals surface area (Å²) in [6.45, 7) is 2.67. The third-order valence-electron chi connectivity index (χ3n) is 1.96. The zero-order chi connectivity index (χ0) is 9.26. The van der Waals surface area contributed by atoms with Crippen LogP contribution in [0, 0.1) is 6.92 Å². The minimum atomic E-state index is 0.200. The maximum absolute atomic E-state index is 5.70. The van der Waals surface area contributed by atoms with Crippen LogP contribution >= 0.6 is 11.8 Å². The summed E-state index contributed by atoms with van der Waals surface area (Å²) in [5.74, 6) is 6.42. The highest BCUT2D eigenvalue weighted by Crippen LogP contribution is 2.28. The third-order valence-corrected chi connectivity index (χ3v) is 3.08. The van der Waals surface area contributed by atoms with E-state index in [1.54, 1.807) is 11.8 Å². The fraction of sp³-hybridized carbons (Fsp3) is 0.714. The van der Waals surface area contributed by atoms with Crippen molar-refractivity contribution in [1.29, 1.82) is 0 Å². The van der Waals surface area contributed by atoms with Gasteiger partial charge < -0.3 is 10.6 Å². The molecule has 0 amide bonds. The summed E-state index contributed by atoms with van der Waals surface area (Å²) in [7, 11) is 0. The van der Waals surface area contributed by atoms with E-state index in [-0.39, 0.29) is 5.44 Å². The van der Waals surface area contributed by atoms with Gasteiger partial charge in [-0.15, -0.1) is 10.2 Å². The predicted molar refractivity (Wildman–Crippen MR) is 49.7 cm³/mol. The van der Waals surface area contributed by atoms with Crippen LogP contribution in [0.3, 0.4) is 0 Å². The Morgan fingerprint density at radius 2 is 2.46 bits per heavy atom. The minimum absolute atomic E-state index is 0.200. The second kappa shape index (κ2) is 3.55. The largest absolute Gasteiger partial charge is 0.367 e. The standard InChI is InChI=1S/C7H12N4OS/c1-5-9-10-7(11(5)8)13-6-3-2-4-12-6/h6H,2-4,8H2,1H3. The lowest BCUT2D eigenvalue weighted by atomic mass is 10.4. The van der Waals surface area contributed by atoms with Crippen LogP contribution in [0.25, 0.3) is 0 Å². The Balaban J connectivity index is 2.04. The number of hydrogen-bond donors (Lipinski definition) is 1. The number of aromatic nitrogens is 3. The first-order chi connectivity index (χ1) is 6.27. The van der Waals surface area contributed by atoms with E-state index < -0.39 is 0 Å². The minimum Gasteiger partial charge on any atom is -0.367 e. The zero-order valence-corrected chi connectivity index (χ0v) is 8.25. The maximum Gasteiger partial charge on any atom is 0.212 e. The highest BCUT2D eigenvalue weighted by Gasteiger charge is 2.19. The lowest BCUT2D eigenvalue weighted by Gasteiger charge is -2.06. The van der Waals surface area contributed by atoms with E-state index in [2.05, 4.69) is 10.2 Å². The third kappa shape index (κ3) is 1.78. The van der Waals surface area contributed by atoms with Crippen LogP contribution in [0.2, 0.25) is 0 Å². The van der Waals surface area contributed by atoms with Gasteiger partial charge in [0, 0.05) is 6.61 Å². The smallest absolute Gasteiger partial charge is 0.212 e. The highest BCUT2D eigenvalue weighted by molar-refractivity contribution is 7.99. The summed E-state index contributed by atoms with van der Waals surface area (Å²) in [5, 5.41) is 8.55. The van der Waals surface area contributed by atoms with Crippen molar-refractivity contribution in [3.05, 3.63) is 5.82 Å².